The third-order valence-corrected chi connectivity index (χ3v) is 4.79. The number of fused-ring (bicyclic) bond motifs is 1. The zero-order chi connectivity index (χ0) is 19.2. The Morgan fingerprint density at radius 1 is 1.00 bits per heavy atom. The van der Waals surface area contributed by atoms with E-state index in [1.165, 1.54) is 0 Å². The summed E-state index contributed by atoms with van der Waals surface area (Å²) in [6.07, 6.45) is 0. The molecule has 0 aliphatic carbocycles. The monoisotopic (exact) mass is 361 g/mol. The lowest BCUT2D eigenvalue weighted by Crippen LogP contribution is -2.41. The molecule has 0 radical (unpaired) electrons. The van der Waals surface area contributed by atoms with Crippen molar-refractivity contribution >= 4 is 28.6 Å². The topological polar surface area (TPSA) is 82.3 Å². The fourth-order valence-corrected chi connectivity index (χ4v) is 3.44. The Hall–Kier alpha value is -3.41. The Morgan fingerprint density at radius 3 is 2.33 bits per heavy atom. The maximum absolute atomic E-state index is 13.2. The standard InChI is InChI=1S/C21H19N3O3/c1-21(2)19(26)24(20(27)23-21)12-16(25)17-14-10-6-7-11-15(14)22-18(17)13-8-4-3-5-9-13/h3-11,22H,12H2,1-2H3,(H,23,27). The van der Waals surface area contributed by atoms with Crippen molar-refractivity contribution in [1.29, 1.82) is 0 Å². The molecule has 0 bridgehead atoms. The van der Waals surface area contributed by atoms with Crippen LogP contribution in [0, 0.1) is 0 Å². The number of carbonyl (C=O) groups is 3. The van der Waals surface area contributed by atoms with Crippen molar-refractivity contribution < 1.29 is 14.4 Å². The molecule has 0 atom stereocenters. The zero-order valence-corrected chi connectivity index (χ0v) is 15.1. The smallest absolute Gasteiger partial charge is 0.325 e. The molecule has 3 amide bonds. The first-order valence-electron chi connectivity index (χ1n) is 8.72. The molecule has 0 spiro atoms. The van der Waals surface area contributed by atoms with Crippen molar-refractivity contribution in [2.45, 2.75) is 19.4 Å². The number of carbonyl (C=O) groups excluding carboxylic acids is 3. The van der Waals surface area contributed by atoms with Crippen molar-refractivity contribution in [1.82, 2.24) is 15.2 Å². The van der Waals surface area contributed by atoms with Crippen molar-refractivity contribution in [3.63, 3.8) is 0 Å². The average Bonchev–Trinajstić information content (AvgIpc) is 3.13. The lowest BCUT2D eigenvalue weighted by molar-refractivity contribution is -0.129. The van der Waals surface area contributed by atoms with Gasteiger partial charge in [0.05, 0.1) is 17.8 Å². The first kappa shape index (κ1) is 17.0. The minimum absolute atomic E-state index is 0.285. The number of hydrogen-bond donors (Lipinski definition) is 2. The van der Waals surface area contributed by atoms with E-state index in [0.29, 0.717) is 11.3 Å². The Morgan fingerprint density at radius 2 is 1.67 bits per heavy atom. The number of rotatable bonds is 4. The van der Waals surface area contributed by atoms with Crippen LogP contribution in [0.15, 0.2) is 54.6 Å². The van der Waals surface area contributed by atoms with Gasteiger partial charge in [-0.05, 0) is 25.5 Å². The van der Waals surface area contributed by atoms with Crippen molar-refractivity contribution in [2.24, 2.45) is 0 Å². The van der Waals surface area contributed by atoms with E-state index in [9.17, 15) is 14.4 Å². The van der Waals surface area contributed by atoms with Crippen LogP contribution >= 0.6 is 0 Å². The Labute approximate surface area is 156 Å². The summed E-state index contributed by atoms with van der Waals surface area (Å²) < 4.78 is 0. The van der Waals surface area contributed by atoms with Crippen LogP contribution in [-0.2, 0) is 4.79 Å². The number of urea groups is 1. The number of nitrogens with zero attached hydrogens (tertiary/aromatic N) is 1. The second-order valence-corrected chi connectivity index (χ2v) is 7.16. The highest BCUT2D eigenvalue weighted by Gasteiger charge is 2.45. The van der Waals surface area contributed by atoms with Gasteiger partial charge in [0.1, 0.15) is 5.54 Å². The molecule has 1 aliphatic heterocycles. The third-order valence-electron chi connectivity index (χ3n) is 4.79. The molecule has 2 N–H and O–H groups in total. The van der Waals surface area contributed by atoms with Crippen LogP contribution < -0.4 is 5.32 Å². The van der Waals surface area contributed by atoms with Crippen LogP contribution in [0.25, 0.3) is 22.2 Å². The third kappa shape index (κ3) is 2.79. The molecular weight excluding hydrogens is 342 g/mol. The second-order valence-electron chi connectivity index (χ2n) is 7.16. The zero-order valence-electron chi connectivity index (χ0n) is 15.1. The van der Waals surface area contributed by atoms with Crippen LogP contribution in [0.3, 0.4) is 0 Å². The predicted octanol–water partition coefficient (Wildman–Crippen LogP) is 3.35. The highest BCUT2D eigenvalue weighted by molar-refractivity contribution is 6.17. The highest BCUT2D eigenvalue weighted by atomic mass is 16.2. The summed E-state index contributed by atoms with van der Waals surface area (Å²) in [5.74, 6) is -0.686. The molecule has 2 heterocycles. The van der Waals surface area contributed by atoms with E-state index in [0.717, 1.165) is 21.4 Å². The van der Waals surface area contributed by atoms with Crippen LogP contribution in [0.5, 0.6) is 0 Å². The number of aromatic nitrogens is 1. The fraction of sp³-hybridized carbons (Fsp3) is 0.190. The van der Waals surface area contributed by atoms with Crippen molar-refractivity contribution in [3.05, 3.63) is 60.2 Å². The summed E-state index contributed by atoms with van der Waals surface area (Å²) in [5.41, 5.74) is 1.88. The van der Waals surface area contributed by atoms with Gasteiger partial charge in [0.25, 0.3) is 5.91 Å². The molecule has 136 valence electrons. The number of imide groups is 1. The number of hydrogen-bond acceptors (Lipinski definition) is 3. The number of benzene rings is 2. The quantitative estimate of drug-likeness (QED) is 0.552. The maximum Gasteiger partial charge on any atom is 0.325 e. The van der Waals surface area contributed by atoms with Gasteiger partial charge < -0.3 is 10.3 Å². The van der Waals surface area contributed by atoms with Crippen LogP contribution in [0.4, 0.5) is 4.79 Å². The van der Waals surface area contributed by atoms with Crippen molar-refractivity contribution in [2.75, 3.05) is 6.54 Å². The number of H-pyrrole nitrogens is 1. The molecule has 1 aliphatic rings. The molecule has 1 saturated heterocycles. The minimum Gasteiger partial charge on any atom is -0.354 e. The predicted molar refractivity (Wildman–Crippen MR) is 102 cm³/mol. The molecule has 6 heteroatoms. The summed E-state index contributed by atoms with van der Waals surface area (Å²) >= 11 is 0. The summed E-state index contributed by atoms with van der Waals surface area (Å²) in [6.45, 7) is 2.95. The SMILES string of the molecule is CC1(C)NC(=O)N(CC(=O)c2c(-c3ccccc3)[nH]c3ccccc23)C1=O. The lowest BCUT2D eigenvalue weighted by atomic mass is 10.0. The molecular formula is C21H19N3O3. The lowest BCUT2D eigenvalue weighted by Gasteiger charge is -2.15. The average molecular weight is 361 g/mol. The number of nitrogens with one attached hydrogen (secondary N) is 2. The van der Waals surface area contributed by atoms with Crippen LogP contribution in [-0.4, -0.2) is 39.7 Å². The Bertz CT molecular complexity index is 1070. The summed E-state index contributed by atoms with van der Waals surface area (Å²) in [6, 6.07) is 16.5. The number of aromatic amines is 1. The van der Waals surface area contributed by atoms with Crippen LogP contribution in [0.2, 0.25) is 0 Å². The number of amides is 3. The van der Waals surface area contributed by atoms with Gasteiger partial charge in [-0.25, -0.2) is 4.79 Å². The van der Waals surface area contributed by atoms with E-state index in [4.69, 9.17) is 0 Å². The molecule has 1 fully saturated rings. The van der Waals surface area contributed by atoms with Gasteiger partial charge in [0.2, 0.25) is 0 Å². The number of Topliss-reactive ketones (excluding diaryl/α,β-unsaturated/α-hetero) is 1. The summed E-state index contributed by atoms with van der Waals surface area (Å²) in [7, 11) is 0. The number of ketones is 1. The maximum atomic E-state index is 13.2. The fourth-order valence-electron chi connectivity index (χ4n) is 3.44. The normalized spacial score (nSPS) is 16.0. The first-order chi connectivity index (χ1) is 12.9. The Kier molecular flexibility index (Phi) is 3.84. The largest absolute Gasteiger partial charge is 0.354 e. The molecule has 27 heavy (non-hydrogen) atoms. The molecule has 2 aromatic carbocycles. The van der Waals surface area contributed by atoms with Gasteiger partial charge >= 0.3 is 6.03 Å². The second kappa shape index (κ2) is 6.09. The Balaban J connectivity index is 1.78. The van der Waals surface area contributed by atoms with Crippen LogP contribution in [0.1, 0.15) is 24.2 Å². The van der Waals surface area contributed by atoms with Gasteiger partial charge in [-0.15, -0.1) is 0 Å². The van der Waals surface area contributed by atoms with E-state index in [1.54, 1.807) is 13.8 Å². The van der Waals surface area contributed by atoms with E-state index >= 15 is 0 Å². The van der Waals surface area contributed by atoms with Gasteiger partial charge in [0, 0.05) is 10.9 Å². The number of para-hydroxylation sites is 1. The van der Waals surface area contributed by atoms with E-state index < -0.39 is 17.5 Å². The molecule has 3 aromatic rings. The van der Waals surface area contributed by atoms with Gasteiger partial charge in [-0.3, -0.25) is 14.5 Å². The molecule has 4 rings (SSSR count). The summed E-state index contributed by atoms with van der Waals surface area (Å²) in [5, 5.41) is 3.38. The molecule has 0 unspecified atom stereocenters. The van der Waals surface area contributed by atoms with E-state index in [1.807, 2.05) is 54.6 Å². The summed E-state index contributed by atoms with van der Waals surface area (Å²) in [4.78, 5) is 42.1. The van der Waals surface area contributed by atoms with Crippen molar-refractivity contribution in [3.8, 4) is 11.3 Å². The van der Waals surface area contributed by atoms with E-state index in [-0.39, 0.29) is 12.3 Å². The van der Waals surface area contributed by atoms with Gasteiger partial charge in [-0.2, -0.15) is 0 Å². The van der Waals surface area contributed by atoms with Gasteiger partial charge in [0.15, 0.2) is 5.78 Å². The molecule has 6 nitrogen and oxygen atoms in total. The van der Waals surface area contributed by atoms with Gasteiger partial charge in [-0.1, -0.05) is 48.5 Å². The molecule has 0 saturated carbocycles. The van der Waals surface area contributed by atoms with E-state index in [2.05, 4.69) is 10.3 Å². The first-order valence-corrected chi connectivity index (χ1v) is 8.72. The minimum atomic E-state index is -1.00. The highest BCUT2D eigenvalue weighted by Crippen LogP contribution is 2.31. The molecule has 1 aromatic heterocycles.